The molecule has 3 rings (SSSR count). The smallest absolute Gasteiger partial charge is 0.219 e. The summed E-state index contributed by atoms with van der Waals surface area (Å²) >= 11 is 0. The first-order chi connectivity index (χ1) is 6.66. The Morgan fingerprint density at radius 3 is 2.64 bits per heavy atom. The van der Waals surface area contributed by atoms with Gasteiger partial charge in [0, 0.05) is 24.9 Å². The van der Waals surface area contributed by atoms with Crippen molar-refractivity contribution in [2.45, 2.75) is 51.4 Å². The number of amides is 1. The number of hydrogen-bond donors (Lipinski definition) is 0. The van der Waals surface area contributed by atoms with E-state index in [0.29, 0.717) is 23.7 Å². The molecule has 2 unspecified atom stereocenters. The quantitative estimate of drug-likeness (QED) is 0.588. The molecule has 0 N–H and O–H groups in total. The molecule has 2 saturated heterocycles. The van der Waals surface area contributed by atoms with Gasteiger partial charge in [-0.1, -0.05) is 6.92 Å². The van der Waals surface area contributed by atoms with Crippen LogP contribution < -0.4 is 0 Å². The van der Waals surface area contributed by atoms with Crippen molar-refractivity contribution >= 4 is 5.91 Å². The molecule has 3 heteroatoms. The molecule has 0 aromatic carbocycles. The van der Waals surface area contributed by atoms with E-state index >= 15 is 0 Å². The molecule has 0 radical (unpaired) electrons. The molecule has 14 heavy (non-hydrogen) atoms. The number of carbonyl (C=O) groups excluding carboxylic acids is 1. The molecule has 2 heterocycles. The zero-order chi connectivity index (χ0) is 9.92. The van der Waals surface area contributed by atoms with Gasteiger partial charge in [-0.3, -0.25) is 4.79 Å². The van der Waals surface area contributed by atoms with Gasteiger partial charge in [0.05, 0.1) is 12.2 Å². The number of carbonyl (C=O) groups is 1. The highest BCUT2D eigenvalue weighted by molar-refractivity contribution is 5.75. The maximum atomic E-state index is 11.3. The normalized spacial score (nSPS) is 49.0. The predicted molar refractivity (Wildman–Crippen MR) is 51.8 cm³/mol. The number of ether oxygens (including phenoxy) is 1. The maximum absolute atomic E-state index is 11.3. The van der Waals surface area contributed by atoms with Gasteiger partial charge >= 0.3 is 0 Å². The molecule has 3 aliphatic rings. The van der Waals surface area contributed by atoms with Crippen molar-refractivity contribution in [3.8, 4) is 0 Å². The highest BCUT2D eigenvalue weighted by Gasteiger charge is 2.64. The number of nitrogens with zero attached hydrogens (tertiary/aromatic N) is 1. The summed E-state index contributed by atoms with van der Waals surface area (Å²) in [5.74, 6) is 0.240. The number of epoxide rings is 1. The van der Waals surface area contributed by atoms with Crippen LogP contribution in [0.15, 0.2) is 0 Å². The lowest BCUT2D eigenvalue weighted by molar-refractivity contribution is -0.155. The zero-order valence-electron chi connectivity index (χ0n) is 8.82. The fourth-order valence-electron chi connectivity index (χ4n) is 3.58. The largest absolute Gasteiger partial charge is 0.370 e. The Hall–Kier alpha value is -0.570. The van der Waals surface area contributed by atoms with Crippen LogP contribution in [0.25, 0.3) is 0 Å². The molecular formula is C11H17NO2. The lowest BCUT2D eigenvalue weighted by Gasteiger charge is -2.56. The van der Waals surface area contributed by atoms with Gasteiger partial charge < -0.3 is 9.64 Å². The highest BCUT2D eigenvalue weighted by atomic mass is 16.6. The second kappa shape index (κ2) is 2.51. The number of rotatable bonds is 1. The SMILES string of the molecule is CCC1N(C(C)=O)CC12C[C@@H]1O[C@@H]1C2. The molecule has 1 amide bonds. The maximum Gasteiger partial charge on any atom is 0.219 e. The van der Waals surface area contributed by atoms with Crippen LogP contribution in [0.1, 0.15) is 33.1 Å². The number of hydrogen-bond acceptors (Lipinski definition) is 2. The second-order valence-corrected chi connectivity index (χ2v) is 5.05. The van der Waals surface area contributed by atoms with E-state index in [9.17, 15) is 4.79 Å². The van der Waals surface area contributed by atoms with Crippen molar-refractivity contribution in [1.29, 1.82) is 0 Å². The zero-order valence-corrected chi connectivity index (χ0v) is 8.82. The Morgan fingerprint density at radius 1 is 1.50 bits per heavy atom. The lowest BCUT2D eigenvalue weighted by Crippen LogP contribution is -2.65. The van der Waals surface area contributed by atoms with E-state index in [1.807, 2.05) is 4.90 Å². The van der Waals surface area contributed by atoms with Crippen LogP contribution in [0.3, 0.4) is 0 Å². The van der Waals surface area contributed by atoms with Gasteiger partial charge in [0.15, 0.2) is 0 Å². The third-order valence-electron chi connectivity index (χ3n) is 4.26. The minimum absolute atomic E-state index is 0.240. The summed E-state index contributed by atoms with van der Waals surface area (Å²) in [6.45, 7) is 4.85. The van der Waals surface area contributed by atoms with E-state index < -0.39 is 0 Å². The average Bonchev–Trinajstić information content (AvgIpc) is 2.71. The van der Waals surface area contributed by atoms with Crippen LogP contribution in [0.5, 0.6) is 0 Å². The van der Waals surface area contributed by atoms with Crippen LogP contribution in [0.2, 0.25) is 0 Å². The first kappa shape index (κ1) is 8.72. The van der Waals surface area contributed by atoms with Crippen LogP contribution in [-0.4, -0.2) is 35.6 Å². The Labute approximate surface area is 84.4 Å². The van der Waals surface area contributed by atoms with E-state index in [-0.39, 0.29) is 5.91 Å². The van der Waals surface area contributed by atoms with Gasteiger partial charge in [-0.2, -0.15) is 0 Å². The van der Waals surface area contributed by atoms with Gasteiger partial charge in [0.1, 0.15) is 0 Å². The Bertz CT molecular complexity index is 279. The molecule has 1 aliphatic carbocycles. The van der Waals surface area contributed by atoms with E-state index in [1.54, 1.807) is 6.92 Å². The first-order valence-electron chi connectivity index (χ1n) is 5.59. The number of likely N-dealkylation sites (tertiary alicyclic amines) is 1. The summed E-state index contributed by atoms with van der Waals surface area (Å²) in [5, 5.41) is 0. The van der Waals surface area contributed by atoms with Crippen LogP contribution in [-0.2, 0) is 9.53 Å². The molecular weight excluding hydrogens is 178 g/mol. The highest BCUT2D eigenvalue weighted by Crippen LogP contribution is 2.58. The van der Waals surface area contributed by atoms with E-state index in [4.69, 9.17) is 4.74 Å². The summed E-state index contributed by atoms with van der Waals surface area (Å²) in [4.78, 5) is 13.4. The minimum atomic E-state index is 0.240. The molecule has 2 aliphatic heterocycles. The van der Waals surface area contributed by atoms with Crippen LogP contribution in [0.4, 0.5) is 0 Å². The molecule has 3 nitrogen and oxygen atoms in total. The predicted octanol–water partition coefficient (Wildman–Crippen LogP) is 1.17. The average molecular weight is 195 g/mol. The third kappa shape index (κ3) is 0.937. The summed E-state index contributed by atoms with van der Waals surface area (Å²) in [6.07, 6.45) is 4.56. The summed E-state index contributed by atoms with van der Waals surface area (Å²) < 4.78 is 5.47. The molecule has 1 spiro atoms. The lowest BCUT2D eigenvalue weighted by atomic mass is 9.68. The molecule has 1 saturated carbocycles. The monoisotopic (exact) mass is 195 g/mol. The molecule has 78 valence electrons. The van der Waals surface area contributed by atoms with Crippen molar-refractivity contribution in [2.75, 3.05) is 6.54 Å². The van der Waals surface area contributed by atoms with Crippen molar-refractivity contribution in [1.82, 2.24) is 4.90 Å². The Balaban J connectivity index is 1.75. The molecule has 4 atom stereocenters. The van der Waals surface area contributed by atoms with Gasteiger partial charge in [0.2, 0.25) is 5.91 Å². The van der Waals surface area contributed by atoms with Crippen molar-refractivity contribution in [3.63, 3.8) is 0 Å². The van der Waals surface area contributed by atoms with Crippen molar-refractivity contribution in [2.24, 2.45) is 5.41 Å². The van der Waals surface area contributed by atoms with Gasteiger partial charge in [0.25, 0.3) is 0 Å². The van der Waals surface area contributed by atoms with Crippen LogP contribution >= 0.6 is 0 Å². The third-order valence-corrected chi connectivity index (χ3v) is 4.26. The van der Waals surface area contributed by atoms with Gasteiger partial charge in [-0.05, 0) is 19.3 Å². The van der Waals surface area contributed by atoms with Crippen LogP contribution in [0, 0.1) is 5.41 Å². The van der Waals surface area contributed by atoms with E-state index in [0.717, 1.165) is 13.0 Å². The summed E-state index contributed by atoms with van der Waals surface area (Å²) in [6, 6.07) is 0.497. The minimum Gasteiger partial charge on any atom is -0.370 e. The Kier molecular flexibility index (Phi) is 1.56. The Morgan fingerprint density at radius 2 is 2.14 bits per heavy atom. The summed E-state index contributed by atoms with van der Waals surface area (Å²) in [7, 11) is 0. The van der Waals surface area contributed by atoms with Gasteiger partial charge in [-0.15, -0.1) is 0 Å². The topological polar surface area (TPSA) is 32.8 Å². The second-order valence-electron chi connectivity index (χ2n) is 5.05. The first-order valence-corrected chi connectivity index (χ1v) is 5.59. The fraction of sp³-hybridized carbons (Fsp3) is 0.909. The van der Waals surface area contributed by atoms with Gasteiger partial charge in [-0.25, -0.2) is 0 Å². The fourth-order valence-corrected chi connectivity index (χ4v) is 3.58. The molecule has 0 aromatic heterocycles. The molecule has 3 fully saturated rings. The van der Waals surface area contributed by atoms with E-state index in [2.05, 4.69) is 6.92 Å². The van der Waals surface area contributed by atoms with E-state index in [1.165, 1.54) is 12.8 Å². The van der Waals surface area contributed by atoms with Crippen molar-refractivity contribution in [3.05, 3.63) is 0 Å². The van der Waals surface area contributed by atoms with Crippen molar-refractivity contribution < 1.29 is 9.53 Å². The molecule has 0 bridgehead atoms. The standard InChI is InChI=1S/C11H17NO2/c1-3-10-11(6-12(10)7(2)13)4-8-9(5-11)14-8/h8-10H,3-6H2,1-2H3/t8-,9+,10?,11?. The summed E-state index contributed by atoms with van der Waals surface area (Å²) in [5.41, 5.74) is 0.438. The molecule has 0 aromatic rings. The number of fused-ring (bicyclic) bond motifs is 1.